The minimum absolute atomic E-state index is 0.000370. The maximum absolute atomic E-state index is 12.0. The van der Waals surface area contributed by atoms with Gasteiger partial charge in [0.15, 0.2) is 0 Å². The van der Waals surface area contributed by atoms with Gasteiger partial charge in [0.25, 0.3) is 0 Å². The number of nitrogens with zero attached hydrogens (tertiary/aromatic N) is 1. The molecule has 0 spiro atoms. The lowest BCUT2D eigenvalue weighted by atomic mass is 10.0. The number of allylic oxidation sites excluding steroid dienone is 4. The van der Waals surface area contributed by atoms with E-state index in [0.29, 0.717) is 5.57 Å². The average molecular weight is 218 g/mol. The van der Waals surface area contributed by atoms with Gasteiger partial charge in [0.1, 0.15) is 0 Å². The Morgan fingerprint density at radius 1 is 1.33 bits per heavy atom. The SMILES string of the molecule is CC1=C(C)C(CCC(F)(F)F)=CC=NN1. The van der Waals surface area contributed by atoms with Gasteiger partial charge in [-0.05, 0) is 37.5 Å². The summed E-state index contributed by atoms with van der Waals surface area (Å²) < 4.78 is 36.1. The second-order valence-electron chi connectivity index (χ2n) is 3.45. The molecule has 0 saturated carbocycles. The summed E-state index contributed by atoms with van der Waals surface area (Å²) in [7, 11) is 0. The van der Waals surface area contributed by atoms with Gasteiger partial charge in [-0.25, -0.2) is 0 Å². The van der Waals surface area contributed by atoms with Gasteiger partial charge in [-0.1, -0.05) is 0 Å². The van der Waals surface area contributed by atoms with Gasteiger partial charge >= 0.3 is 6.18 Å². The summed E-state index contributed by atoms with van der Waals surface area (Å²) in [6.07, 6.45) is -1.81. The first-order valence-electron chi connectivity index (χ1n) is 4.63. The van der Waals surface area contributed by atoms with Gasteiger partial charge in [0.05, 0.1) is 0 Å². The summed E-state index contributed by atoms with van der Waals surface area (Å²) >= 11 is 0. The van der Waals surface area contributed by atoms with E-state index in [2.05, 4.69) is 10.5 Å². The van der Waals surface area contributed by atoms with E-state index in [1.54, 1.807) is 19.9 Å². The first kappa shape index (κ1) is 11.8. The molecule has 0 unspecified atom stereocenters. The average Bonchev–Trinajstić information content (AvgIpc) is 2.27. The van der Waals surface area contributed by atoms with Crippen LogP contribution in [0.25, 0.3) is 0 Å². The maximum atomic E-state index is 12.0. The lowest BCUT2D eigenvalue weighted by molar-refractivity contribution is -0.133. The van der Waals surface area contributed by atoms with Crippen LogP contribution in [-0.4, -0.2) is 12.4 Å². The maximum Gasteiger partial charge on any atom is 0.389 e. The summed E-state index contributed by atoms with van der Waals surface area (Å²) in [4.78, 5) is 0. The van der Waals surface area contributed by atoms with Crippen molar-refractivity contribution in [2.45, 2.75) is 32.9 Å². The third-order valence-corrected chi connectivity index (χ3v) is 2.30. The molecule has 84 valence electrons. The van der Waals surface area contributed by atoms with E-state index in [1.807, 2.05) is 0 Å². The smallest absolute Gasteiger partial charge is 0.283 e. The van der Waals surface area contributed by atoms with Gasteiger partial charge < -0.3 is 0 Å². The molecule has 15 heavy (non-hydrogen) atoms. The van der Waals surface area contributed by atoms with E-state index in [0.717, 1.165) is 11.3 Å². The normalized spacial score (nSPS) is 17.3. The molecule has 0 fully saturated rings. The minimum Gasteiger partial charge on any atom is -0.283 e. The molecule has 1 aliphatic rings. The molecule has 1 rings (SSSR count). The number of halogens is 3. The van der Waals surface area contributed by atoms with E-state index in [1.165, 1.54) is 6.21 Å². The molecule has 2 nitrogen and oxygen atoms in total. The first-order valence-corrected chi connectivity index (χ1v) is 4.63. The molecular weight excluding hydrogens is 205 g/mol. The zero-order valence-corrected chi connectivity index (χ0v) is 8.65. The van der Waals surface area contributed by atoms with Crippen LogP contribution in [0, 0.1) is 0 Å². The summed E-state index contributed by atoms with van der Waals surface area (Å²) in [6.45, 7) is 3.58. The van der Waals surface area contributed by atoms with Crippen molar-refractivity contribution >= 4 is 6.21 Å². The van der Waals surface area contributed by atoms with E-state index >= 15 is 0 Å². The number of hydrogen-bond donors (Lipinski definition) is 1. The molecule has 0 bridgehead atoms. The second-order valence-corrected chi connectivity index (χ2v) is 3.45. The highest BCUT2D eigenvalue weighted by atomic mass is 19.4. The summed E-state index contributed by atoms with van der Waals surface area (Å²) in [5, 5.41) is 3.81. The molecule has 0 atom stereocenters. The monoisotopic (exact) mass is 218 g/mol. The van der Waals surface area contributed by atoms with Gasteiger partial charge in [-0.3, -0.25) is 5.43 Å². The van der Waals surface area contributed by atoms with Crippen LogP contribution in [0.3, 0.4) is 0 Å². The molecular formula is C10H13F3N2. The second kappa shape index (κ2) is 4.51. The number of nitrogens with one attached hydrogen (secondary N) is 1. The van der Waals surface area contributed by atoms with Crippen molar-refractivity contribution < 1.29 is 13.2 Å². The van der Waals surface area contributed by atoms with Crippen molar-refractivity contribution in [1.29, 1.82) is 0 Å². The zero-order chi connectivity index (χ0) is 11.5. The standard InChI is InChI=1S/C10H13F3N2/c1-7-8(2)15-14-6-4-9(7)3-5-10(11,12)13/h4,6,15H,3,5H2,1-2H3. The Bertz CT molecular complexity index is 324. The molecule has 0 saturated heterocycles. The largest absolute Gasteiger partial charge is 0.389 e. The summed E-state index contributed by atoms with van der Waals surface area (Å²) in [6, 6.07) is 0. The van der Waals surface area contributed by atoms with E-state index in [4.69, 9.17) is 0 Å². The van der Waals surface area contributed by atoms with E-state index < -0.39 is 12.6 Å². The predicted molar refractivity (Wildman–Crippen MR) is 53.4 cm³/mol. The molecule has 0 aliphatic carbocycles. The van der Waals surface area contributed by atoms with Crippen molar-refractivity contribution in [1.82, 2.24) is 5.43 Å². The Hall–Kier alpha value is -1.26. The lowest BCUT2D eigenvalue weighted by Crippen LogP contribution is -2.08. The third-order valence-electron chi connectivity index (χ3n) is 2.30. The minimum atomic E-state index is -4.11. The van der Waals surface area contributed by atoms with Crippen LogP contribution in [0.2, 0.25) is 0 Å². The first-order chi connectivity index (χ1) is 6.90. The molecule has 0 aromatic rings. The van der Waals surface area contributed by atoms with Crippen molar-refractivity contribution in [3.63, 3.8) is 0 Å². The molecule has 1 N–H and O–H groups in total. The molecule has 0 radical (unpaired) electrons. The highest BCUT2D eigenvalue weighted by Crippen LogP contribution is 2.27. The predicted octanol–water partition coefficient (Wildman–Crippen LogP) is 3.14. The van der Waals surface area contributed by atoms with Crippen LogP contribution >= 0.6 is 0 Å². The van der Waals surface area contributed by atoms with Crippen molar-refractivity contribution in [3.05, 3.63) is 22.9 Å². The van der Waals surface area contributed by atoms with Gasteiger partial charge in [-0.2, -0.15) is 18.3 Å². The summed E-state index contributed by atoms with van der Waals surface area (Å²) in [5.74, 6) is 0. The molecule has 0 aromatic heterocycles. The van der Waals surface area contributed by atoms with Crippen LogP contribution < -0.4 is 5.43 Å². The number of hydrazone groups is 1. The van der Waals surface area contributed by atoms with Crippen LogP contribution in [0.1, 0.15) is 26.7 Å². The molecule has 0 aromatic carbocycles. The lowest BCUT2D eigenvalue weighted by Gasteiger charge is -2.11. The Labute approximate surface area is 86.6 Å². The quantitative estimate of drug-likeness (QED) is 0.756. The number of hydrogen-bond acceptors (Lipinski definition) is 2. The van der Waals surface area contributed by atoms with E-state index in [9.17, 15) is 13.2 Å². The summed E-state index contributed by atoms with van der Waals surface area (Å²) in [5.41, 5.74) is 5.04. The van der Waals surface area contributed by atoms with Gasteiger partial charge in [0.2, 0.25) is 0 Å². The Kier molecular flexibility index (Phi) is 3.55. The molecule has 1 heterocycles. The van der Waals surface area contributed by atoms with Crippen LogP contribution in [0.4, 0.5) is 13.2 Å². The fourth-order valence-corrected chi connectivity index (χ4v) is 1.26. The highest BCUT2D eigenvalue weighted by Gasteiger charge is 2.27. The fourth-order valence-electron chi connectivity index (χ4n) is 1.26. The Morgan fingerprint density at radius 3 is 2.60 bits per heavy atom. The zero-order valence-electron chi connectivity index (χ0n) is 8.65. The van der Waals surface area contributed by atoms with Crippen molar-refractivity contribution in [2.75, 3.05) is 0 Å². The van der Waals surface area contributed by atoms with Crippen LogP contribution in [0.15, 0.2) is 28.0 Å². The van der Waals surface area contributed by atoms with Crippen LogP contribution in [-0.2, 0) is 0 Å². The Balaban J connectivity index is 2.72. The van der Waals surface area contributed by atoms with Gasteiger partial charge in [-0.15, -0.1) is 0 Å². The number of alkyl halides is 3. The number of rotatable bonds is 2. The third kappa shape index (κ3) is 3.77. The highest BCUT2D eigenvalue weighted by molar-refractivity contribution is 5.74. The molecule has 5 heteroatoms. The van der Waals surface area contributed by atoms with Crippen LogP contribution in [0.5, 0.6) is 0 Å². The topological polar surface area (TPSA) is 24.4 Å². The van der Waals surface area contributed by atoms with Crippen molar-refractivity contribution in [2.24, 2.45) is 5.10 Å². The van der Waals surface area contributed by atoms with Gasteiger partial charge in [0, 0.05) is 18.3 Å². The fraction of sp³-hybridized carbons (Fsp3) is 0.500. The molecule has 1 aliphatic heterocycles. The van der Waals surface area contributed by atoms with Crippen molar-refractivity contribution in [3.8, 4) is 0 Å². The molecule has 0 amide bonds. The van der Waals surface area contributed by atoms with E-state index in [-0.39, 0.29) is 6.42 Å². The Morgan fingerprint density at radius 2 is 2.00 bits per heavy atom.